The van der Waals surface area contributed by atoms with Crippen LogP contribution in [0.25, 0.3) is 0 Å². The van der Waals surface area contributed by atoms with Crippen molar-refractivity contribution in [2.45, 2.75) is 12.3 Å². The van der Waals surface area contributed by atoms with Gasteiger partial charge in [-0.15, -0.1) is 0 Å². The second-order valence-corrected chi connectivity index (χ2v) is 9.02. The van der Waals surface area contributed by atoms with Crippen LogP contribution in [0.5, 0.6) is 0 Å². The molecule has 2 aromatic rings. The van der Waals surface area contributed by atoms with E-state index in [1.807, 2.05) is 12.1 Å². The van der Waals surface area contributed by atoms with Crippen LogP contribution in [0.2, 0.25) is 0 Å². The van der Waals surface area contributed by atoms with E-state index in [-0.39, 0.29) is 22.8 Å². The third-order valence-electron chi connectivity index (χ3n) is 5.11. The SMILES string of the molecule is COC(=O)CC1=C(C(=O)OC)C(c2cccc(NC(=O)Nc3c(Br)cccc3Br)c2)C(C#N)=C(N)O1. The highest BCUT2D eigenvalue weighted by Crippen LogP contribution is 2.41. The van der Waals surface area contributed by atoms with Crippen LogP contribution < -0.4 is 16.4 Å². The van der Waals surface area contributed by atoms with Gasteiger partial charge in [-0.3, -0.25) is 4.79 Å². The number of carbonyl (C=O) groups excluding carboxylic acids is 3. The van der Waals surface area contributed by atoms with E-state index in [2.05, 4.69) is 47.2 Å². The van der Waals surface area contributed by atoms with Crippen molar-refractivity contribution in [1.82, 2.24) is 0 Å². The minimum Gasteiger partial charge on any atom is -0.469 e. The van der Waals surface area contributed by atoms with Crippen molar-refractivity contribution < 1.29 is 28.6 Å². The molecule has 0 aliphatic carbocycles. The van der Waals surface area contributed by atoms with Gasteiger partial charge < -0.3 is 30.6 Å². The summed E-state index contributed by atoms with van der Waals surface area (Å²) >= 11 is 6.77. The number of urea groups is 1. The molecule has 0 aromatic heterocycles. The number of rotatable bonds is 6. The summed E-state index contributed by atoms with van der Waals surface area (Å²) in [5, 5.41) is 15.3. The molecule has 0 bridgehead atoms. The Morgan fingerprint density at radius 3 is 2.36 bits per heavy atom. The molecule has 1 atom stereocenters. The molecule has 10 nitrogen and oxygen atoms in total. The van der Waals surface area contributed by atoms with Crippen LogP contribution in [-0.2, 0) is 23.8 Å². The minimum atomic E-state index is -1.02. The van der Waals surface area contributed by atoms with Gasteiger partial charge in [0.05, 0.1) is 31.4 Å². The molecule has 3 rings (SSSR count). The van der Waals surface area contributed by atoms with E-state index >= 15 is 0 Å². The van der Waals surface area contributed by atoms with Crippen LogP contribution in [0.4, 0.5) is 16.2 Å². The Morgan fingerprint density at radius 1 is 1.08 bits per heavy atom. The fraction of sp³-hybridized carbons (Fsp3) is 0.167. The number of anilines is 2. The van der Waals surface area contributed by atoms with Gasteiger partial charge in [0.25, 0.3) is 0 Å². The van der Waals surface area contributed by atoms with Crippen molar-refractivity contribution >= 4 is 61.2 Å². The summed E-state index contributed by atoms with van der Waals surface area (Å²) in [5.41, 5.74) is 7.17. The number of hydrogen-bond donors (Lipinski definition) is 3. The number of methoxy groups -OCH3 is 2. The number of nitrogens with one attached hydrogen (secondary N) is 2. The molecule has 1 aliphatic rings. The standard InChI is InChI=1S/C24H20Br2N4O6/c1-34-18(31)10-17-20(23(32)35-2)19(14(11-27)22(28)36-17)12-5-3-6-13(9-12)29-24(33)30-21-15(25)7-4-8-16(21)26/h3-9,19H,10,28H2,1-2H3,(H2,29,30,33). The van der Waals surface area contributed by atoms with E-state index in [1.54, 1.807) is 36.4 Å². The zero-order valence-electron chi connectivity index (χ0n) is 19.1. The van der Waals surface area contributed by atoms with Crippen LogP contribution in [0.1, 0.15) is 17.9 Å². The third-order valence-corrected chi connectivity index (χ3v) is 6.44. The first-order valence-corrected chi connectivity index (χ1v) is 11.9. The number of nitrogens with two attached hydrogens (primary N) is 1. The normalized spacial score (nSPS) is 14.9. The second-order valence-electron chi connectivity index (χ2n) is 7.31. The second kappa shape index (κ2) is 11.7. The summed E-state index contributed by atoms with van der Waals surface area (Å²) in [7, 11) is 2.35. The summed E-state index contributed by atoms with van der Waals surface area (Å²) in [4.78, 5) is 37.4. The Kier molecular flexibility index (Phi) is 8.73. The molecule has 0 saturated heterocycles. The van der Waals surface area contributed by atoms with Crippen molar-refractivity contribution in [2.75, 3.05) is 24.9 Å². The Morgan fingerprint density at radius 2 is 1.75 bits per heavy atom. The van der Waals surface area contributed by atoms with Crippen LogP contribution in [0, 0.1) is 11.3 Å². The summed E-state index contributed by atoms with van der Waals surface area (Å²) in [6.45, 7) is 0. The van der Waals surface area contributed by atoms with E-state index in [1.165, 1.54) is 7.11 Å². The van der Waals surface area contributed by atoms with Gasteiger partial charge in [-0.25, -0.2) is 9.59 Å². The lowest BCUT2D eigenvalue weighted by Crippen LogP contribution is -2.27. The van der Waals surface area contributed by atoms with Crippen LogP contribution in [0.3, 0.4) is 0 Å². The molecule has 0 saturated carbocycles. The van der Waals surface area contributed by atoms with E-state index in [0.717, 1.165) is 7.11 Å². The molecular weight excluding hydrogens is 600 g/mol. The highest BCUT2D eigenvalue weighted by atomic mass is 79.9. The molecule has 186 valence electrons. The van der Waals surface area contributed by atoms with Crippen molar-refractivity contribution in [1.29, 1.82) is 5.26 Å². The molecule has 1 aliphatic heterocycles. The first-order valence-electron chi connectivity index (χ1n) is 10.3. The number of para-hydroxylation sites is 1. The van der Waals surface area contributed by atoms with Gasteiger partial charge in [0.2, 0.25) is 5.88 Å². The van der Waals surface area contributed by atoms with Crippen molar-refractivity contribution in [3.05, 3.63) is 79.8 Å². The first kappa shape index (κ1) is 26.8. The highest BCUT2D eigenvalue weighted by molar-refractivity contribution is 9.11. The summed E-state index contributed by atoms with van der Waals surface area (Å²) in [6, 6.07) is 13.3. The average molecular weight is 620 g/mol. The Labute approximate surface area is 223 Å². The monoisotopic (exact) mass is 618 g/mol. The molecule has 2 aromatic carbocycles. The zero-order chi connectivity index (χ0) is 26.4. The Bertz CT molecular complexity index is 1310. The summed E-state index contributed by atoms with van der Waals surface area (Å²) in [5.74, 6) is -2.86. The minimum absolute atomic E-state index is 0.0530. The molecular formula is C24H20Br2N4O6. The summed E-state index contributed by atoms with van der Waals surface area (Å²) in [6.07, 6.45) is -0.405. The Balaban J connectivity index is 2.00. The third kappa shape index (κ3) is 5.87. The molecule has 1 unspecified atom stereocenters. The lowest BCUT2D eigenvalue weighted by Gasteiger charge is -2.27. The van der Waals surface area contributed by atoms with Gasteiger partial charge in [0, 0.05) is 14.6 Å². The quantitative estimate of drug-likeness (QED) is 0.395. The average Bonchev–Trinajstić information content (AvgIpc) is 2.85. The van der Waals surface area contributed by atoms with E-state index in [4.69, 9.17) is 15.2 Å². The number of carbonyl (C=O) groups is 3. The van der Waals surface area contributed by atoms with Crippen molar-refractivity contribution in [3.63, 3.8) is 0 Å². The van der Waals surface area contributed by atoms with Gasteiger partial charge >= 0.3 is 18.0 Å². The van der Waals surface area contributed by atoms with Crippen molar-refractivity contribution in [3.8, 4) is 6.07 Å². The molecule has 4 N–H and O–H groups in total. The molecule has 1 heterocycles. The predicted molar refractivity (Wildman–Crippen MR) is 137 cm³/mol. The van der Waals surface area contributed by atoms with Gasteiger partial charge in [-0.2, -0.15) is 5.26 Å². The smallest absolute Gasteiger partial charge is 0.338 e. The van der Waals surface area contributed by atoms with E-state index in [9.17, 15) is 19.6 Å². The van der Waals surface area contributed by atoms with Gasteiger partial charge in [0.1, 0.15) is 23.8 Å². The number of benzene rings is 2. The van der Waals surface area contributed by atoms with Gasteiger partial charge in [-0.05, 0) is 61.7 Å². The lowest BCUT2D eigenvalue weighted by molar-refractivity contribution is -0.140. The maximum Gasteiger partial charge on any atom is 0.338 e. The molecule has 0 spiro atoms. The number of nitrogens with zero attached hydrogens (tertiary/aromatic N) is 1. The first-order chi connectivity index (χ1) is 17.2. The zero-order valence-corrected chi connectivity index (χ0v) is 22.2. The fourth-order valence-electron chi connectivity index (χ4n) is 3.51. The number of ether oxygens (including phenoxy) is 3. The van der Waals surface area contributed by atoms with Crippen LogP contribution in [0.15, 0.2) is 74.2 Å². The topological polar surface area (TPSA) is 153 Å². The molecule has 12 heteroatoms. The maximum atomic E-state index is 12.8. The number of esters is 2. The molecule has 36 heavy (non-hydrogen) atoms. The number of hydrogen-bond acceptors (Lipinski definition) is 8. The number of nitriles is 1. The molecule has 2 amide bonds. The van der Waals surface area contributed by atoms with Crippen molar-refractivity contribution in [2.24, 2.45) is 5.73 Å². The van der Waals surface area contributed by atoms with E-state index < -0.39 is 30.3 Å². The maximum absolute atomic E-state index is 12.8. The highest BCUT2D eigenvalue weighted by Gasteiger charge is 2.38. The molecule has 0 radical (unpaired) electrons. The number of amides is 2. The van der Waals surface area contributed by atoms with E-state index in [0.29, 0.717) is 25.9 Å². The predicted octanol–water partition coefficient (Wildman–Crippen LogP) is 4.65. The Hall–Kier alpha value is -3.82. The summed E-state index contributed by atoms with van der Waals surface area (Å²) < 4.78 is 16.4. The lowest BCUT2D eigenvalue weighted by atomic mass is 9.82. The number of halogens is 2. The van der Waals surface area contributed by atoms with Crippen LogP contribution >= 0.6 is 31.9 Å². The number of allylic oxidation sites excluding steroid dienone is 1. The molecule has 0 fully saturated rings. The van der Waals surface area contributed by atoms with Gasteiger partial charge in [-0.1, -0.05) is 18.2 Å². The largest absolute Gasteiger partial charge is 0.469 e. The van der Waals surface area contributed by atoms with Gasteiger partial charge in [0.15, 0.2) is 0 Å². The van der Waals surface area contributed by atoms with Crippen LogP contribution in [-0.4, -0.2) is 32.2 Å². The fourth-order valence-corrected chi connectivity index (χ4v) is 4.71.